The predicted molar refractivity (Wildman–Crippen MR) is 133 cm³/mol. The van der Waals surface area contributed by atoms with Crippen LogP contribution in [0.25, 0.3) is 0 Å². The van der Waals surface area contributed by atoms with E-state index in [-0.39, 0.29) is 41.3 Å². The van der Waals surface area contributed by atoms with Crippen LogP contribution in [0.4, 0.5) is 10.8 Å². The lowest BCUT2D eigenvalue weighted by Crippen LogP contribution is -2.70. The van der Waals surface area contributed by atoms with Crippen molar-refractivity contribution in [1.29, 1.82) is 0 Å². The summed E-state index contributed by atoms with van der Waals surface area (Å²) in [5, 5.41) is 16.7. The Labute approximate surface area is 217 Å². The van der Waals surface area contributed by atoms with E-state index in [9.17, 15) is 24.5 Å². The van der Waals surface area contributed by atoms with Gasteiger partial charge in [0, 0.05) is 29.4 Å². The Morgan fingerprint density at radius 3 is 2.78 bits per heavy atom. The molecule has 2 amide bonds. The maximum Gasteiger partial charge on any atom is 0.355 e. The Morgan fingerprint density at radius 1 is 1.38 bits per heavy atom. The van der Waals surface area contributed by atoms with Gasteiger partial charge in [0.25, 0.3) is 17.5 Å². The quantitative estimate of drug-likeness (QED) is 0.0821. The van der Waals surface area contributed by atoms with Crippen LogP contribution >= 0.6 is 23.3 Å². The number of fused-ring (bicyclic) bond motifs is 1. The van der Waals surface area contributed by atoms with E-state index in [4.69, 9.17) is 15.3 Å². The van der Waals surface area contributed by atoms with Crippen molar-refractivity contribution in [3.05, 3.63) is 70.2 Å². The van der Waals surface area contributed by atoms with Crippen LogP contribution in [-0.2, 0) is 30.6 Å². The number of β-lactam (4-membered cyclic amide) rings is 1. The summed E-state index contributed by atoms with van der Waals surface area (Å²) in [6.07, 6.45) is 3.00. The highest BCUT2D eigenvalue weighted by Crippen LogP contribution is 2.38. The minimum Gasteiger partial charge on any atom is -0.456 e. The fourth-order valence-corrected chi connectivity index (χ4v) is 4.97. The van der Waals surface area contributed by atoms with Gasteiger partial charge in [-0.05, 0) is 23.8 Å². The Bertz CT molecular complexity index is 1310. The Balaban J connectivity index is 1.39. The van der Waals surface area contributed by atoms with Crippen molar-refractivity contribution in [2.75, 3.05) is 18.1 Å². The van der Waals surface area contributed by atoms with Crippen molar-refractivity contribution in [3.63, 3.8) is 0 Å². The van der Waals surface area contributed by atoms with Crippen molar-refractivity contribution in [3.8, 4) is 0 Å². The second-order valence-corrected chi connectivity index (χ2v) is 9.39. The first kappa shape index (κ1) is 25.8. The van der Waals surface area contributed by atoms with Crippen LogP contribution in [0.1, 0.15) is 11.4 Å². The van der Waals surface area contributed by atoms with Gasteiger partial charge in [0.1, 0.15) is 30.3 Å². The summed E-state index contributed by atoms with van der Waals surface area (Å²) in [6, 6.07) is 4.61. The van der Waals surface area contributed by atoms with Crippen LogP contribution in [0.2, 0.25) is 0 Å². The van der Waals surface area contributed by atoms with Crippen molar-refractivity contribution in [2.24, 2.45) is 5.16 Å². The van der Waals surface area contributed by atoms with Crippen molar-refractivity contribution >= 4 is 57.6 Å². The van der Waals surface area contributed by atoms with Crippen LogP contribution in [0, 0.1) is 10.1 Å². The number of nitro groups is 1. The Kier molecular flexibility index (Phi) is 7.78. The lowest BCUT2D eigenvalue weighted by atomic mass is 10.0. The number of aromatic nitrogens is 2. The number of hydrogen-bond donors (Lipinski definition) is 2. The third kappa shape index (κ3) is 5.59. The van der Waals surface area contributed by atoms with Gasteiger partial charge in [-0.1, -0.05) is 17.8 Å². The first-order valence-corrected chi connectivity index (χ1v) is 12.4. The molecule has 2 atom stereocenters. The second-order valence-electron chi connectivity index (χ2n) is 7.45. The fraction of sp³-hybridized carbons (Fsp3) is 0.238. The largest absolute Gasteiger partial charge is 0.456 e. The number of nitrogens with zero attached hydrogens (tertiary/aromatic N) is 5. The summed E-state index contributed by atoms with van der Waals surface area (Å²) < 4.78 is 9.27. The van der Waals surface area contributed by atoms with Gasteiger partial charge < -0.3 is 20.6 Å². The van der Waals surface area contributed by atoms with Crippen LogP contribution < -0.4 is 11.1 Å². The number of nitro benzene ring substituents is 1. The molecule has 3 heterocycles. The van der Waals surface area contributed by atoms with E-state index in [1.165, 1.54) is 47.0 Å². The predicted octanol–water partition coefficient (Wildman–Crippen LogP) is 0.962. The van der Waals surface area contributed by atoms with Gasteiger partial charge in [-0.15, -0.1) is 11.8 Å². The van der Waals surface area contributed by atoms with Crippen molar-refractivity contribution < 1.29 is 28.9 Å². The number of non-ortho nitro benzene ring substituents is 1. The third-order valence-corrected chi connectivity index (χ3v) is 6.80. The van der Waals surface area contributed by atoms with E-state index in [0.29, 0.717) is 11.3 Å². The Hall–Kier alpha value is -4.31. The molecule has 1 aromatic carbocycles. The Morgan fingerprint density at radius 2 is 2.14 bits per heavy atom. The van der Waals surface area contributed by atoms with Gasteiger partial charge in [-0.25, -0.2) is 4.79 Å². The molecule has 0 spiro atoms. The minimum absolute atomic E-state index is 0.0289. The van der Waals surface area contributed by atoms with E-state index in [1.54, 1.807) is 6.08 Å². The number of anilines is 1. The second kappa shape index (κ2) is 11.2. The molecule has 2 aromatic rings. The van der Waals surface area contributed by atoms with E-state index >= 15 is 0 Å². The summed E-state index contributed by atoms with van der Waals surface area (Å²) in [5.41, 5.74) is 5.85. The molecule has 2 aliphatic heterocycles. The molecule has 1 fully saturated rings. The topological polar surface area (TPSA) is 192 Å². The lowest BCUT2D eigenvalue weighted by Gasteiger charge is -2.48. The average molecular weight is 546 g/mol. The van der Waals surface area contributed by atoms with Gasteiger partial charge in [-0.2, -0.15) is 9.36 Å². The fourth-order valence-electron chi connectivity index (χ4n) is 3.35. The molecule has 0 bridgehead atoms. The number of rotatable bonds is 10. The molecule has 2 unspecified atom stereocenters. The van der Waals surface area contributed by atoms with Gasteiger partial charge in [0.05, 0.1) is 4.92 Å². The SMILES string of the molecule is C=CCO/N=C(/C(=O)NC1C(=O)N2C(C(=O)OCc3ccc([N+](=O)[O-])cc3)=CCSC12)c1nsc(N)n1. The molecular weight excluding hydrogens is 526 g/mol. The zero-order valence-corrected chi connectivity index (χ0v) is 20.6. The first-order chi connectivity index (χ1) is 17.8. The number of hydrogen-bond acceptors (Lipinski definition) is 13. The monoisotopic (exact) mass is 545 g/mol. The standard InChI is InChI=1S/C21H19N7O7S2/c1-2-8-35-25-14(16-24-21(22)37-26-16)17(29)23-15-18(30)27-13(7-9-36-19(15)27)20(31)34-10-11-3-5-12(6-4-11)28(32)33/h2-7,15,19H,1,8-10H2,(H,23,29)(H2,22,24,26)/b25-14+. The molecule has 1 aromatic heterocycles. The number of nitrogen functional groups attached to an aromatic ring is 1. The number of oxime groups is 1. The van der Waals surface area contributed by atoms with Crippen LogP contribution in [-0.4, -0.2) is 66.5 Å². The highest BCUT2D eigenvalue weighted by molar-refractivity contribution is 8.00. The van der Waals surface area contributed by atoms with Crippen molar-refractivity contribution in [1.82, 2.24) is 19.6 Å². The third-order valence-electron chi connectivity index (χ3n) is 5.08. The zero-order chi connectivity index (χ0) is 26.5. The van der Waals surface area contributed by atoms with Crippen LogP contribution in [0.15, 0.2) is 53.8 Å². The number of carbonyl (C=O) groups excluding carboxylic acids is 3. The molecule has 0 radical (unpaired) electrons. The van der Waals surface area contributed by atoms with E-state index in [1.807, 2.05) is 0 Å². The molecule has 0 aliphatic carbocycles. The summed E-state index contributed by atoms with van der Waals surface area (Å²) in [5.74, 6) is -1.65. The number of ether oxygens (including phenoxy) is 1. The van der Waals surface area contributed by atoms with Gasteiger partial charge in [0.15, 0.2) is 5.13 Å². The number of carbonyl (C=O) groups is 3. The van der Waals surface area contributed by atoms with Gasteiger partial charge in [0.2, 0.25) is 11.5 Å². The molecule has 16 heteroatoms. The molecule has 3 N–H and O–H groups in total. The minimum atomic E-state index is -0.941. The summed E-state index contributed by atoms with van der Waals surface area (Å²) in [4.78, 5) is 59.0. The van der Waals surface area contributed by atoms with Gasteiger partial charge in [-0.3, -0.25) is 24.6 Å². The van der Waals surface area contributed by atoms with E-state index in [2.05, 4.69) is 26.4 Å². The average Bonchev–Trinajstić information content (AvgIpc) is 3.33. The maximum atomic E-state index is 12.9. The van der Waals surface area contributed by atoms with Crippen LogP contribution in [0.5, 0.6) is 0 Å². The number of esters is 1. The summed E-state index contributed by atoms with van der Waals surface area (Å²) in [6.45, 7) is 3.39. The zero-order valence-electron chi connectivity index (χ0n) is 18.9. The molecule has 2 aliphatic rings. The summed E-state index contributed by atoms with van der Waals surface area (Å²) in [7, 11) is 0. The number of benzene rings is 1. The molecule has 1 saturated heterocycles. The number of thioether (sulfide) groups is 1. The number of amides is 2. The normalized spacial score (nSPS) is 18.7. The smallest absolute Gasteiger partial charge is 0.355 e. The number of nitrogens with two attached hydrogens (primary N) is 1. The first-order valence-electron chi connectivity index (χ1n) is 10.6. The highest BCUT2D eigenvalue weighted by atomic mass is 32.2. The molecule has 192 valence electrons. The molecule has 4 rings (SSSR count). The number of nitrogens with one attached hydrogen (secondary N) is 1. The van der Waals surface area contributed by atoms with E-state index < -0.39 is 34.1 Å². The molecular formula is C21H19N7O7S2. The molecule has 37 heavy (non-hydrogen) atoms. The lowest BCUT2D eigenvalue weighted by molar-refractivity contribution is -0.384. The summed E-state index contributed by atoms with van der Waals surface area (Å²) >= 11 is 2.22. The molecule has 0 saturated carbocycles. The van der Waals surface area contributed by atoms with Crippen molar-refractivity contribution in [2.45, 2.75) is 18.0 Å². The van der Waals surface area contributed by atoms with E-state index in [0.717, 1.165) is 11.5 Å². The molecule has 14 nitrogen and oxygen atoms in total. The van der Waals surface area contributed by atoms with Crippen LogP contribution in [0.3, 0.4) is 0 Å². The highest BCUT2D eigenvalue weighted by Gasteiger charge is 2.53. The maximum absolute atomic E-state index is 12.9. The van der Waals surface area contributed by atoms with Gasteiger partial charge >= 0.3 is 5.97 Å².